The molecule has 30 heavy (non-hydrogen) atoms. The highest BCUT2D eigenvalue weighted by atomic mass is 16.6. The van der Waals surface area contributed by atoms with Crippen LogP contribution in [0.1, 0.15) is 27.2 Å². The Morgan fingerprint density at radius 2 is 1.77 bits per heavy atom. The minimum atomic E-state index is -0.504. The average Bonchev–Trinajstić information content (AvgIpc) is 3.08. The lowest BCUT2D eigenvalue weighted by Crippen LogP contribution is -2.15. The largest absolute Gasteiger partial charge is 0.306 e. The highest BCUT2D eigenvalue weighted by Crippen LogP contribution is 2.25. The van der Waals surface area contributed by atoms with Crippen molar-refractivity contribution in [3.05, 3.63) is 87.1 Å². The van der Waals surface area contributed by atoms with E-state index in [-0.39, 0.29) is 11.6 Å². The predicted molar refractivity (Wildman–Crippen MR) is 114 cm³/mol. The van der Waals surface area contributed by atoms with Crippen LogP contribution >= 0.6 is 0 Å². The van der Waals surface area contributed by atoms with Crippen molar-refractivity contribution in [2.45, 2.75) is 20.8 Å². The van der Waals surface area contributed by atoms with Gasteiger partial charge in [-0.1, -0.05) is 18.2 Å². The molecule has 8 nitrogen and oxygen atoms in total. The Kier molecular flexibility index (Phi) is 4.75. The first-order chi connectivity index (χ1) is 14.3. The number of aryl methyl sites for hydroxylation is 3. The van der Waals surface area contributed by atoms with Gasteiger partial charge in [0, 0.05) is 29.1 Å². The summed E-state index contributed by atoms with van der Waals surface area (Å²) >= 11 is 0. The topological polar surface area (TPSA) is 103 Å². The van der Waals surface area contributed by atoms with Gasteiger partial charge in [0.15, 0.2) is 5.82 Å². The molecule has 0 unspecified atom stereocenters. The Bertz CT molecular complexity index is 1290. The molecule has 0 saturated carbocycles. The zero-order chi connectivity index (χ0) is 21.4. The summed E-state index contributed by atoms with van der Waals surface area (Å²) in [4.78, 5) is 27.7. The molecular formula is C22H19N5O3. The number of amides is 1. The SMILES string of the molecule is Cc1cc(NC(=O)c2ccc([N+](=O)[O-])cc2)n(-c2cc(C)c3cccc(C)c3n2)n1. The summed E-state index contributed by atoms with van der Waals surface area (Å²) in [5.74, 6) is 0.678. The van der Waals surface area contributed by atoms with E-state index in [9.17, 15) is 14.9 Å². The van der Waals surface area contributed by atoms with E-state index in [1.807, 2.05) is 45.0 Å². The monoisotopic (exact) mass is 401 g/mol. The second-order valence-electron chi connectivity index (χ2n) is 7.11. The van der Waals surface area contributed by atoms with E-state index >= 15 is 0 Å². The number of para-hydroxylation sites is 1. The van der Waals surface area contributed by atoms with E-state index in [4.69, 9.17) is 4.98 Å². The number of nitro groups is 1. The minimum absolute atomic E-state index is 0.0707. The zero-order valence-electron chi connectivity index (χ0n) is 16.7. The summed E-state index contributed by atoms with van der Waals surface area (Å²) in [5.41, 5.74) is 3.95. The first-order valence-corrected chi connectivity index (χ1v) is 9.33. The fourth-order valence-corrected chi connectivity index (χ4v) is 3.34. The lowest BCUT2D eigenvalue weighted by molar-refractivity contribution is -0.384. The maximum Gasteiger partial charge on any atom is 0.269 e. The minimum Gasteiger partial charge on any atom is -0.306 e. The van der Waals surface area contributed by atoms with Crippen LogP contribution in [0.3, 0.4) is 0 Å². The number of benzene rings is 2. The Labute approximate surface area is 172 Å². The number of anilines is 1. The van der Waals surface area contributed by atoms with Gasteiger partial charge in [0.2, 0.25) is 0 Å². The van der Waals surface area contributed by atoms with Crippen molar-refractivity contribution < 1.29 is 9.72 Å². The summed E-state index contributed by atoms with van der Waals surface area (Å²) in [6.45, 7) is 5.85. The number of rotatable bonds is 4. The highest BCUT2D eigenvalue weighted by Gasteiger charge is 2.16. The van der Waals surface area contributed by atoms with E-state index in [1.165, 1.54) is 24.3 Å². The van der Waals surface area contributed by atoms with Crippen LogP contribution in [-0.2, 0) is 0 Å². The Hall–Kier alpha value is -4.07. The van der Waals surface area contributed by atoms with Crippen LogP contribution < -0.4 is 5.32 Å². The van der Waals surface area contributed by atoms with Crippen LogP contribution in [0.5, 0.6) is 0 Å². The number of non-ortho nitro benzene ring substituents is 1. The van der Waals surface area contributed by atoms with E-state index in [0.717, 1.165) is 27.7 Å². The number of aromatic nitrogens is 3. The molecule has 4 rings (SSSR count). The lowest BCUT2D eigenvalue weighted by atomic mass is 10.1. The molecule has 0 aliphatic carbocycles. The van der Waals surface area contributed by atoms with Crippen LogP contribution in [0.25, 0.3) is 16.7 Å². The molecule has 0 spiro atoms. The molecular weight excluding hydrogens is 382 g/mol. The maximum atomic E-state index is 12.7. The molecule has 4 aromatic rings. The number of carbonyl (C=O) groups excluding carboxylic acids is 1. The number of hydrogen-bond acceptors (Lipinski definition) is 5. The number of nitro benzene ring substituents is 1. The lowest BCUT2D eigenvalue weighted by Gasteiger charge is -2.11. The van der Waals surface area contributed by atoms with Gasteiger partial charge in [0.05, 0.1) is 16.1 Å². The van der Waals surface area contributed by atoms with Gasteiger partial charge in [-0.25, -0.2) is 4.98 Å². The van der Waals surface area contributed by atoms with Crippen LogP contribution in [0.2, 0.25) is 0 Å². The molecule has 0 aliphatic heterocycles. The molecule has 0 radical (unpaired) electrons. The molecule has 2 aromatic carbocycles. The normalized spacial score (nSPS) is 10.9. The molecule has 0 bridgehead atoms. The van der Waals surface area contributed by atoms with Crippen molar-refractivity contribution in [2.24, 2.45) is 0 Å². The molecule has 0 aliphatic rings. The van der Waals surface area contributed by atoms with Crippen molar-refractivity contribution in [3.8, 4) is 5.82 Å². The van der Waals surface area contributed by atoms with Gasteiger partial charge in [-0.05, 0) is 50.1 Å². The summed E-state index contributed by atoms with van der Waals surface area (Å²) in [7, 11) is 0. The smallest absolute Gasteiger partial charge is 0.269 e. The van der Waals surface area contributed by atoms with Gasteiger partial charge in [0.1, 0.15) is 5.82 Å². The first kappa shape index (κ1) is 19.3. The summed E-state index contributed by atoms with van der Waals surface area (Å²) < 4.78 is 1.59. The van der Waals surface area contributed by atoms with Gasteiger partial charge < -0.3 is 5.32 Å². The third-order valence-corrected chi connectivity index (χ3v) is 4.87. The molecule has 0 atom stereocenters. The maximum absolute atomic E-state index is 12.7. The van der Waals surface area contributed by atoms with Gasteiger partial charge in [0.25, 0.3) is 11.6 Å². The molecule has 8 heteroatoms. The van der Waals surface area contributed by atoms with Crippen LogP contribution in [0, 0.1) is 30.9 Å². The van der Waals surface area contributed by atoms with Gasteiger partial charge >= 0.3 is 0 Å². The van der Waals surface area contributed by atoms with Crippen molar-refractivity contribution in [3.63, 3.8) is 0 Å². The molecule has 150 valence electrons. The van der Waals surface area contributed by atoms with E-state index in [0.29, 0.717) is 17.2 Å². The second kappa shape index (κ2) is 7.40. The van der Waals surface area contributed by atoms with Crippen molar-refractivity contribution in [1.82, 2.24) is 14.8 Å². The molecule has 0 saturated heterocycles. The summed E-state index contributed by atoms with van der Waals surface area (Å²) in [6, 6.07) is 15.1. The molecule has 1 N–H and O–H groups in total. The van der Waals surface area contributed by atoms with Crippen LogP contribution in [0.15, 0.2) is 54.6 Å². The van der Waals surface area contributed by atoms with Crippen molar-refractivity contribution in [1.29, 1.82) is 0 Å². The molecule has 1 amide bonds. The second-order valence-corrected chi connectivity index (χ2v) is 7.11. The van der Waals surface area contributed by atoms with E-state index in [2.05, 4.69) is 10.4 Å². The number of carbonyl (C=O) groups is 1. The van der Waals surface area contributed by atoms with Gasteiger partial charge in [-0.15, -0.1) is 0 Å². The summed E-state index contributed by atoms with van der Waals surface area (Å²) in [5, 5.41) is 19.2. The predicted octanol–water partition coefficient (Wildman–Crippen LogP) is 4.51. The third kappa shape index (κ3) is 3.50. The number of nitrogens with zero attached hydrogens (tertiary/aromatic N) is 4. The molecule has 0 fully saturated rings. The van der Waals surface area contributed by atoms with Crippen molar-refractivity contribution >= 4 is 28.3 Å². The van der Waals surface area contributed by atoms with Crippen LogP contribution in [-0.4, -0.2) is 25.6 Å². The number of fused-ring (bicyclic) bond motifs is 1. The molecule has 2 heterocycles. The fourth-order valence-electron chi connectivity index (χ4n) is 3.34. The quantitative estimate of drug-likeness (QED) is 0.400. The van der Waals surface area contributed by atoms with Crippen molar-refractivity contribution in [2.75, 3.05) is 5.32 Å². The Morgan fingerprint density at radius 1 is 1.03 bits per heavy atom. The van der Waals surface area contributed by atoms with E-state index < -0.39 is 4.92 Å². The standard InChI is InChI=1S/C22H19N5O3/c1-13-5-4-6-18-14(2)11-19(23-21(13)18)26-20(12-15(3)25-26)24-22(28)16-7-9-17(10-8-16)27(29)30/h4-12H,1-3H3,(H,24,28). The van der Waals surface area contributed by atoms with Gasteiger partial charge in [-0.2, -0.15) is 9.78 Å². The number of nitrogens with one attached hydrogen (secondary N) is 1. The average molecular weight is 401 g/mol. The summed E-state index contributed by atoms with van der Waals surface area (Å²) in [6.07, 6.45) is 0. The number of pyridine rings is 1. The van der Waals surface area contributed by atoms with Crippen LogP contribution in [0.4, 0.5) is 11.5 Å². The Morgan fingerprint density at radius 3 is 2.47 bits per heavy atom. The van der Waals surface area contributed by atoms with E-state index in [1.54, 1.807) is 10.7 Å². The number of hydrogen-bond donors (Lipinski definition) is 1. The Balaban J connectivity index is 1.71. The third-order valence-electron chi connectivity index (χ3n) is 4.87. The first-order valence-electron chi connectivity index (χ1n) is 9.33. The zero-order valence-corrected chi connectivity index (χ0v) is 16.7. The fraction of sp³-hybridized carbons (Fsp3) is 0.136. The molecule has 2 aromatic heterocycles. The highest BCUT2D eigenvalue weighted by molar-refractivity contribution is 6.04. The van der Waals surface area contributed by atoms with Gasteiger partial charge in [-0.3, -0.25) is 14.9 Å².